The van der Waals surface area contributed by atoms with Gasteiger partial charge >= 0.3 is 0 Å². The van der Waals surface area contributed by atoms with E-state index in [0.717, 1.165) is 61.7 Å². The highest BCUT2D eigenvalue weighted by molar-refractivity contribution is 7.89. The standard InChI is InChI=1S/C52H64N5O2S/c1-9-32-56-45-24-13-11-22-42(45)51(3,4)48(56)30-28-38-18-15-19-39(29-31-49-52(5,6)43-23-12-14-25-46(43)57(49)33-10-2)50(38)54-34-36-55(37-35-54)60(58,59)47-27-17-20-40-41(47)21-16-26-44(40)53(7)8/h11-14,16-17,20-31H,9-10,15,18-19,32-37H2,1-8H3/q+1. The van der Waals surface area contributed by atoms with Gasteiger partial charge in [-0.25, -0.2) is 13.0 Å². The highest BCUT2D eigenvalue weighted by Gasteiger charge is 2.41. The van der Waals surface area contributed by atoms with Crippen LogP contribution in [-0.2, 0) is 20.9 Å². The van der Waals surface area contributed by atoms with Crippen molar-refractivity contribution in [2.24, 2.45) is 0 Å². The molecule has 8 heteroatoms. The normalized spacial score (nSPS) is 21.8. The van der Waals surface area contributed by atoms with Gasteiger partial charge < -0.3 is 14.7 Å². The van der Waals surface area contributed by atoms with Gasteiger partial charge in [-0.2, -0.15) is 4.31 Å². The van der Waals surface area contributed by atoms with E-state index in [2.05, 4.69) is 129 Å². The van der Waals surface area contributed by atoms with E-state index in [1.54, 1.807) is 10.4 Å². The summed E-state index contributed by atoms with van der Waals surface area (Å²) in [6, 6.07) is 29.4. The van der Waals surface area contributed by atoms with Gasteiger partial charge in [-0.15, -0.1) is 0 Å². The fourth-order valence-corrected chi connectivity index (χ4v) is 12.0. The molecule has 0 N–H and O–H groups in total. The van der Waals surface area contributed by atoms with Crippen LogP contribution in [0.25, 0.3) is 10.8 Å². The van der Waals surface area contributed by atoms with Crippen molar-refractivity contribution < 1.29 is 13.0 Å². The minimum atomic E-state index is -3.74. The van der Waals surface area contributed by atoms with Crippen molar-refractivity contribution in [1.82, 2.24) is 4.31 Å². The van der Waals surface area contributed by atoms with E-state index < -0.39 is 10.0 Å². The van der Waals surface area contributed by atoms with Crippen molar-refractivity contribution in [3.8, 4) is 0 Å². The Balaban J connectivity index is 1.20. The van der Waals surface area contributed by atoms with Gasteiger partial charge in [0.1, 0.15) is 0 Å². The average Bonchev–Trinajstić information content (AvgIpc) is 3.59. The largest absolute Gasteiger partial charge is 0.377 e. The Labute approximate surface area is 359 Å². The third kappa shape index (κ3) is 7.23. The van der Waals surface area contributed by atoms with Crippen LogP contribution in [0.5, 0.6) is 0 Å². The molecule has 3 heterocycles. The summed E-state index contributed by atoms with van der Waals surface area (Å²) in [5, 5.41) is 1.72. The second-order valence-electron chi connectivity index (χ2n) is 18.2. The minimum absolute atomic E-state index is 0.124. The molecule has 8 rings (SSSR count). The van der Waals surface area contributed by atoms with Crippen molar-refractivity contribution in [1.29, 1.82) is 0 Å². The number of nitrogens with zero attached hydrogens (tertiary/aromatic N) is 5. The number of sulfonamides is 1. The fraction of sp³-hybridized carbons (Fsp3) is 0.404. The van der Waals surface area contributed by atoms with Crippen LogP contribution >= 0.6 is 0 Å². The molecule has 0 amide bonds. The number of anilines is 3. The van der Waals surface area contributed by atoms with Crippen molar-refractivity contribution >= 4 is 43.6 Å². The van der Waals surface area contributed by atoms with Crippen molar-refractivity contribution in [2.75, 3.05) is 68.1 Å². The molecule has 4 aromatic rings. The lowest BCUT2D eigenvalue weighted by atomic mass is 9.82. The molecule has 4 aliphatic rings. The van der Waals surface area contributed by atoms with Gasteiger partial charge in [0.15, 0.2) is 13.1 Å². The van der Waals surface area contributed by atoms with Gasteiger partial charge in [-0.05, 0) is 79.6 Å². The maximum atomic E-state index is 14.5. The number of rotatable bonds is 9. The number of hydrogen-bond donors (Lipinski definition) is 0. The molecule has 1 saturated heterocycles. The summed E-state index contributed by atoms with van der Waals surface area (Å²) in [4.78, 5) is 7.48. The van der Waals surface area contributed by atoms with Gasteiger partial charge in [0, 0.05) is 88.4 Å². The Morgan fingerprint density at radius 3 is 1.67 bits per heavy atom. The Hall–Kier alpha value is -4.92. The zero-order chi connectivity index (χ0) is 42.4. The molecule has 1 saturated carbocycles. The molecule has 314 valence electrons. The summed E-state index contributed by atoms with van der Waals surface area (Å²) in [7, 11) is 0.263. The quantitative estimate of drug-likeness (QED) is 0.157. The zero-order valence-electron chi connectivity index (χ0n) is 37.1. The first-order chi connectivity index (χ1) is 28.8. The highest BCUT2D eigenvalue weighted by atomic mass is 32.2. The second-order valence-corrected chi connectivity index (χ2v) is 20.1. The van der Waals surface area contributed by atoms with Gasteiger partial charge in [0.2, 0.25) is 15.7 Å². The van der Waals surface area contributed by atoms with E-state index in [4.69, 9.17) is 0 Å². The van der Waals surface area contributed by atoms with Crippen LogP contribution in [0.1, 0.15) is 84.8 Å². The molecule has 0 aromatic heterocycles. The van der Waals surface area contributed by atoms with Crippen LogP contribution in [0.4, 0.5) is 17.1 Å². The third-order valence-electron chi connectivity index (χ3n) is 13.4. The number of para-hydroxylation sites is 2. The van der Waals surface area contributed by atoms with E-state index in [1.165, 1.54) is 50.8 Å². The summed E-state index contributed by atoms with van der Waals surface area (Å²) in [6.07, 6.45) is 14.8. The van der Waals surface area contributed by atoms with Crippen LogP contribution in [0.15, 0.2) is 137 Å². The molecular weight excluding hydrogens is 759 g/mol. The average molecular weight is 823 g/mol. The lowest BCUT2D eigenvalue weighted by Crippen LogP contribution is -2.47. The fourth-order valence-electron chi connectivity index (χ4n) is 10.4. The molecule has 2 fully saturated rings. The Morgan fingerprint density at radius 2 is 1.15 bits per heavy atom. The summed E-state index contributed by atoms with van der Waals surface area (Å²) < 4.78 is 33.2. The summed E-state index contributed by atoms with van der Waals surface area (Å²) in [6.45, 7) is 18.0. The predicted molar refractivity (Wildman–Crippen MR) is 252 cm³/mol. The topological polar surface area (TPSA) is 50.1 Å². The van der Waals surface area contributed by atoms with Crippen LogP contribution in [0.3, 0.4) is 0 Å². The Morgan fingerprint density at radius 1 is 0.650 bits per heavy atom. The monoisotopic (exact) mass is 822 g/mol. The SMILES string of the molecule is CCCN1/C(=C\C=C2\CCC/C(=C\C=C3\N(CCC)c4ccccc4C3(C)C)C2=[N+]2CCN(S(=O)(=O)c3cccc4c(N(C)C)cccc34)CC2)C(C)(C)c2ccccc21. The molecule has 0 bridgehead atoms. The van der Waals surface area contributed by atoms with E-state index in [1.807, 2.05) is 49.3 Å². The van der Waals surface area contributed by atoms with Crippen LogP contribution in [-0.4, -0.2) is 76.4 Å². The van der Waals surface area contributed by atoms with Crippen molar-refractivity contribution in [3.63, 3.8) is 0 Å². The first kappa shape index (κ1) is 41.8. The number of fused-ring (bicyclic) bond motifs is 3. The molecule has 0 atom stereocenters. The first-order valence-corrected chi connectivity index (χ1v) is 23.6. The third-order valence-corrected chi connectivity index (χ3v) is 15.3. The lowest BCUT2D eigenvalue weighted by molar-refractivity contribution is -0.536. The highest BCUT2D eigenvalue weighted by Crippen LogP contribution is 2.49. The molecule has 0 spiro atoms. The predicted octanol–water partition coefficient (Wildman–Crippen LogP) is 10.6. The molecular formula is C52H64N5O2S+. The minimum Gasteiger partial charge on any atom is -0.377 e. The zero-order valence-corrected chi connectivity index (χ0v) is 37.9. The molecule has 0 unspecified atom stereocenters. The van der Waals surface area contributed by atoms with Gasteiger partial charge in [0.05, 0.1) is 18.0 Å². The smallest absolute Gasteiger partial charge is 0.244 e. The summed E-state index contributed by atoms with van der Waals surface area (Å²) >= 11 is 0. The maximum absolute atomic E-state index is 14.5. The maximum Gasteiger partial charge on any atom is 0.244 e. The molecule has 3 aliphatic heterocycles. The number of allylic oxidation sites excluding steroid dienone is 8. The van der Waals surface area contributed by atoms with Gasteiger partial charge in [-0.3, -0.25) is 0 Å². The molecule has 7 nitrogen and oxygen atoms in total. The van der Waals surface area contributed by atoms with Crippen LogP contribution < -0.4 is 14.7 Å². The van der Waals surface area contributed by atoms with Crippen LogP contribution in [0, 0.1) is 0 Å². The molecule has 1 aliphatic carbocycles. The van der Waals surface area contributed by atoms with Gasteiger partial charge in [0.25, 0.3) is 0 Å². The summed E-state index contributed by atoms with van der Waals surface area (Å²) in [5.41, 5.74) is 12.8. The molecule has 60 heavy (non-hydrogen) atoms. The number of hydrogen-bond acceptors (Lipinski definition) is 5. The summed E-state index contributed by atoms with van der Waals surface area (Å²) in [5.74, 6) is 0. The number of benzene rings is 4. The lowest BCUT2D eigenvalue weighted by Gasteiger charge is -2.29. The van der Waals surface area contributed by atoms with E-state index >= 15 is 0 Å². The van der Waals surface area contributed by atoms with E-state index in [9.17, 15) is 8.42 Å². The van der Waals surface area contributed by atoms with E-state index in [-0.39, 0.29) is 10.8 Å². The molecule has 4 aromatic carbocycles. The van der Waals surface area contributed by atoms with Gasteiger partial charge in [-0.1, -0.05) is 114 Å². The molecule has 0 radical (unpaired) electrons. The Bertz CT molecular complexity index is 2460. The number of piperazine rings is 1. The van der Waals surface area contributed by atoms with Crippen LogP contribution in [0.2, 0.25) is 0 Å². The first-order valence-electron chi connectivity index (χ1n) is 22.2. The van der Waals surface area contributed by atoms with Crippen molar-refractivity contribution in [3.05, 3.63) is 143 Å². The Kier molecular flexibility index (Phi) is 11.5. The van der Waals surface area contributed by atoms with Crippen molar-refractivity contribution in [2.45, 2.75) is 89.4 Å². The second kappa shape index (κ2) is 16.5. The van der Waals surface area contributed by atoms with E-state index in [0.29, 0.717) is 31.1 Å².